The van der Waals surface area contributed by atoms with Gasteiger partial charge in [-0.2, -0.15) is 0 Å². The molecule has 0 aromatic heterocycles. The van der Waals surface area contributed by atoms with Crippen molar-refractivity contribution in [3.8, 4) is 0 Å². The Labute approximate surface area is 86.6 Å². The second-order valence-electron chi connectivity index (χ2n) is 2.61. The first-order chi connectivity index (χ1) is 6.61. The van der Waals surface area contributed by atoms with Crippen LogP contribution in [0.4, 0.5) is 0 Å². The van der Waals surface area contributed by atoms with Crippen molar-refractivity contribution in [2.75, 3.05) is 0 Å². The molecule has 0 bridgehead atoms. The fraction of sp³-hybridized carbons (Fsp3) is 0.417. The summed E-state index contributed by atoms with van der Waals surface area (Å²) in [6.45, 7) is 13.0. The summed E-state index contributed by atoms with van der Waals surface area (Å²) in [4.78, 5) is 10.3. The molecule has 0 amide bonds. The van der Waals surface area contributed by atoms with E-state index in [1.54, 1.807) is 18.2 Å². The van der Waals surface area contributed by atoms with E-state index in [1.165, 1.54) is 0 Å². The van der Waals surface area contributed by atoms with Crippen molar-refractivity contribution >= 4 is 5.97 Å². The van der Waals surface area contributed by atoms with Crippen LogP contribution in [-0.4, -0.2) is 11.1 Å². The van der Waals surface area contributed by atoms with Crippen LogP contribution in [0, 0.1) is 5.92 Å². The average Bonchev–Trinajstić information content (AvgIpc) is 2.16. The molecule has 14 heavy (non-hydrogen) atoms. The predicted molar refractivity (Wildman–Crippen MR) is 61.2 cm³/mol. The first-order valence-electron chi connectivity index (χ1n) is 4.78. The fourth-order valence-corrected chi connectivity index (χ4v) is 0.949. The molecule has 0 saturated carbocycles. The van der Waals surface area contributed by atoms with Crippen LogP contribution in [0.3, 0.4) is 0 Å². The normalized spacial score (nSPS) is 12.1. The minimum Gasteiger partial charge on any atom is -0.481 e. The van der Waals surface area contributed by atoms with E-state index in [2.05, 4.69) is 13.2 Å². The maximum Gasteiger partial charge on any atom is 0.303 e. The largest absolute Gasteiger partial charge is 0.481 e. The predicted octanol–water partition coefficient (Wildman–Crippen LogP) is 3.42. The van der Waals surface area contributed by atoms with E-state index in [-0.39, 0.29) is 12.3 Å². The molecule has 80 valence electrons. The van der Waals surface area contributed by atoms with Crippen molar-refractivity contribution in [1.82, 2.24) is 0 Å². The summed E-state index contributed by atoms with van der Waals surface area (Å²) < 4.78 is 0. The fourth-order valence-electron chi connectivity index (χ4n) is 0.949. The maximum absolute atomic E-state index is 10.3. The number of aliphatic carboxylic acids is 1. The number of rotatable bonds is 5. The number of carboxylic acid groups (broad SMARTS) is 1. The molecule has 0 spiro atoms. The zero-order valence-corrected chi connectivity index (χ0v) is 9.29. The number of carboxylic acids is 1. The van der Waals surface area contributed by atoms with Crippen molar-refractivity contribution in [2.24, 2.45) is 5.92 Å². The Morgan fingerprint density at radius 2 is 1.93 bits per heavy atom. The maximum atomic E-state index is 10.3. The molecule has 0 saturated heterocycles. The van der Waals surface area contributed by atoms with E-state index in [0.29, 0.717) is 0 Å². The lowest BCUT2D eigenvalue weighted by Crippen LogP contribution is -2.05. The first kappa shape index (κ1) is 15.2. The van der Waals surface area contributed by atoms with Crippen molar-refractivity contribution in [1.29, 1.82) is 0 Å². The Bertz CT molecular complexity index is 214. The molecular weight excluding hydrogens is 176 g/mol. The van der Waals surface area contributed by atoms with Gasteiger partial charge in [0.05, 0.1) is 6.42 Å². The second-order valence-corrected chi connectivity index (χ2v) is 2.61. The van der Waals surface area contributed by atoms with Gasteiger partial charge in [0, 0.05) is 0 Å². The molecule has 0 aromatic carbocycles. The lowest BCUT2D eigenvalue weighted by Gasteiger charge is -2.08. The van der Waals surface area contributed by atoms with Crippen LogP contribution in [0.1, 0.15) is 27.2 Å². The zero-order chi connectivity index (χ0) is 11.6. The van der Waals surface area contributed by atoms with Gasteiger partial charge in [0.25, 0.3) is 0 Å². The van der Waals surface area contributed by atoms with E-state index in [0.717, 1.165) is 5.57 Å². The molecule has 0 fully saturated rings. The van der Waals surface area contributed by atoms with Crippen LogP contribution in [0.2, 0.25) is 0 Å². The van der Waals surface area contributed by atoms with Gasteiger partial charge >= 0.3 is 5.97 Å². The highest BCUT2D eigenvalue weighted by Crippen LogP contribution is 2.15. The quantitative estimate of drug-likeness (QED) is 0.684. The molecular formula is C12H20O2. The van der Waals surface area contributed by atoms with Gasteiger partial charge in [0.2, 0.25) is 0 Å². The van der Waals surface area contributed by atoms with Gasteiger partial charge in [0.15, 0.2) is 0 Å². The SMILES string of the molecule is C=C/C=C(\C=C)[C@H](C)CC(=O)O.CC. The van der Waals surface area contributed by atoms with Crippen LogP contribution in [0.25, 0.3) is 0 Å². The lowest BCUT2D eigenvalue weighted by atomic mass is 9.97. The van der Waals surface area contributed by atoms with Crippen molar-refractivity contribution in [3.63, 3.8) is 0 Å². The molecule has 0 aliphatic rings. The van der Waals surface area contributed by atoms with Crippen LogP contribution in [-0.2, 0) is 4.79 Å². The van der Waals surface area contributed by atoms with Gasteiger partial charge in [-0.3, -0.25) is 4.79 Å². The van der Waals surface area contributed by atoms with E-state index in [4.69, 9.17) is 5.11 Å². The Morgan fingerprint density at radius 1 is 1.43 bits per heavy atom. The lowest BCUT2D eigenvalue weighted by molar-refractivity contribution is -0.137. The Kier molecular flexibility index (Phi) is 10.6. The monoisotopic (exact) mass is 196 g/mol. The number of allylic oxidation sites excluding steroid dienone is 4. The Morgan fingerprint density at radius 3 is 2.21 bits per heavy atom. The summed E-state index contributed by atoms with van der Waals surface area (Å²) in [5.41, 5.74) is 0.910. The smallest absolute Gasteiger partial charge is 0.303 e. The van der Waals surface area contributed by atoms with E-state index < -0.39 is 5.97 Å². The third kappa shape index (κ3) is 7.35. The standard InChI is InChI=1S/C10H14O2.C2H6/c1-4-6-9(5-2)8(3)7-10(11)12;1-2/h4-6,8H,1-2,7H2,3H3,(H,11,12);1-2H3/b9-6+;/t8-;/m1./s1. The highest BCUT2D eigenvalue weighted by molar-refractivity contribution is 5.67. The summed E-state index contributed by atoms with van der Waals surface area (Å²) in [5, 5.41) is 8.51. The summed E-state index contributed by atoms with van der Waals surface area (Å²) in [6, 6.07) is 0. The molecule has 0 radical (unpaired) electrons. The Balaban J connectivity index is 0. The summed E-state index contributed by atoms with van der Waals surface area (Å²) >= 11 is 0. The van der Waals surface area contributed by atoms with Crippen LogP contribution < -0.4 is 0 Å². The topological polar surface area (TPSA) is 37.3 Å². The molecule has 0 rings (SSSR count). The van der Waals surface area contributed by atoms with Gasteiger partial charge in [-0.1, -0.05) is 52.2 Å². The average molecular weight is 196 g/mol. The van der Waals surface area contributed by atoms with E-state index >= 15 is 0 Å². The molecule has 1 N–H and O–H groups in total. The van der Waals surface area contributed by atoms with Gasteiger partial charge < -0.3 is 5.11 Å². The minimum absolute atomic E-state index is 0.00185. The minimum atomic E-state index is -0.792. The molecule has 0 heterocycles. The third-order valence-corrected chi connectivity index (χ3v) is 1.60. The zero-order valence-electron chi connectivity index (χ0n) is 9.29. The third-order valence-electron chi connectivity index (χ3n) is 1.60. The van der Waals surface area contributed by atoms with Crippen LogP contribution in [0.15, 0.2) is 37.0 Å². The number of carbonyl (C=O) groups is 1. The molecule has 0 unspecified atom stereocenters. The Hall–Kier alpha value is -1.31. The summed E-state index contributed by atoms with van der Waals surface area (Å²) in [5.74, 6) is -0.794. The summed E-state index contributed by atoms with van der Waals surface area (Å²) in [6.07, 6.45) is 5.21. The van der Waals surface area contributed by atoms with Crippen molar-refractivity contribution in [2.45, 2.75) is 27.2 Å². The van der Waals surface area contributed by atoms with Crippen LogP contribution >= 0.6 is 0 Å². The van der Waals surface area contributed by atoms with Crippen molar-refractivity contribution in [3.05, 3.63) is 37.0 Å². The molecule has 0 aliphatic heterocycles. The molecule has 1 atom stereocenters. The molecule has 0 aliphatic carbocycles. The molecule has 0 aromatic rings. The van der Waals surface area contributed by atoms with E-state index in [9.17, 15) is 4.79 Å². The second kappa shape index (κ2) is 9.78. The van der Waals surface area contributed by atoms with Gasteiger partial charge in [-0.15, -0.1) is 0 Å². The van der Waals surface area contributed by atoms with E-state index in [1.807, 2.05) is 20.8 Å². The highest BCUT2D eigenvalue weighted by Gasteiger charge is 2.09. The number of hydrogen-bond acceptors (Lipinski definition) is 1. The first-order valence-corrected chi connectivity index (χ1v) is 4.78. The van der Waals surface area contributed by atoms with Crippen LogP contribution in [0.5, 0.6) is 0 Å². The summed E-state index contributed by atoms with van der Waals surface area (Å²) in [7, 11) is 0. The highest BCUT2D eigenvalue weighted by atomic mass is 16.4. The number of hydrogen-bond donors (Lipinski definition) is 1. The van der Waals surface area contributed by atoms with Gasteiger partial charge in [0.1, 0.15) is 0 Å². The van der Waals surface area contributed by atoms with Gasteiger partial charge in [-0.25, -0.2) is 0 Å². The molecule has 2 heteroatoms. The van der Waals surface area contributed by atoms with Gasteiger partial charge in [-0.05, 0) is 11.5 Å². The molecule has 2 nitrogen and oxygen atoms in total. The van der Waals surface area contributed by atoms with Crippen molar-refractivity contribution < 1.29 is 9.90 Å².